The second-order valence-corrected chi connectivity index (χ2v) is 4.72. The second kappa shape index (κ2) is 4.81. The summed E-state index contributed by atoms with van der Waals surface area (Å²) >= 11 is 0. The zero-order valence-corrected chi connectivity index (χ0v) is 11.3. The Bertz CT molecular complexity index is 806. The molecule has 98 valence electrons. The number of hydrogen-bond acceptors (Lipinski definition) is 4. The van der Waals surface area contributed by atoms with Gasteiger partial charge in [-0.2, -0.15) is 10.2 Å². The Kier molecular flexibility index (Phi) is 2.99. The van der Waals surface area contributed by atoms with Crippen LogP contribution in [0.1, 0.15) is 27.3 Å². The lowest BCUT2D eigenvalue weighted by atomic mass is 9.98. The standard InChI is InChI=1S/C16H13N3O/c1-10-8-14(11(2)19-18-10)16(20)13-5-3-4-12-6-7-17-9-15(12)13/h3-9H,1-2H3. The van der Waals surface area contributed by atoms with Gasteiger partial charge in [0.25, 0.3) is 0 Å². The van der Waals surface area contributed by atoms with Gasteiger partial charge in [-0.05, 0) is 31.4 Å². The normalized spacial score (nSPS) is 10.7. The number of aromatic nitrogens is 3. The van der Waals surface area contributed by atoms with Crippen molar-refractivity contribution in [1.82, 2.24) is 15.2 Å². The van der Waals surface area contributed by atoms with Gasteiger partial charge < -0.3 is 0 Å². The molecule has 3 aromatic rings. The molecular weight excluding hydrogens is 250 g/mol. The summed E-state index contributed by atoms with van der Waals surface area (Å²) in [5.41, 5.74) is 2.61. The molecule has 0 saturated carbocycles. The molecular formula is C16H13N3O. The number of hydrogen-bond donors (Lipinski definition) is 0. The molecule has 0 aliphatic rings. The summed E-state index contributed by atoms with van der Waals surface area (Å²) in [5, 5.41) is 9.84. The van der Waals surface area contributed by atoms with E-state index >= 15 is 0 Å². The van der Waals surface area contributed by atoms with Crippen molar-refractivity contribution < 1.29 is 4.79 Å². The van der Waals surface area contributed by atoms with E-state index in [1.54, 1.807) is 25.4 Å². The van der Waals surface area contributed by atoms with Gasteiger partial charge in [0.05, 0.1) is 11.4 Å². The number of rotatable bonds is 2. The highest BCUT2D eigenvalue weighted by molar-refractivity contribution is 6.16. The fourth-order valence-electron chi connectivity index (χ4n) is 2.24. The van der Waals surface area contributed by atoms with Crippen LogP contribution in [-0.4, -0.2) is 21.0 Å². The van der Waals surface area contributed by atoms with Crippen LogP contribution in [0.2, 0.25) is 0 Å². The fourth-order valence-corrected chi connectivity index (χ4v) is 2.24. The van der Waals surface area contributed by atoms with E-state index in [2.05, 4.69) is 15.2 Å². The molecule has 0 fully saturated rings. The van der Waals surface area contributed by atoms with E-state index in [4.69, 9.17) is 0 Å². The summed E-state index contributed by atoms with van der Waals surface area (Å²) in [7, 11) is 0. The van der Waals surface area contributed by atoms with E-state index in [-0.39, 0.29) is 5.78 Å². The maximum atomic E-state index is 12.7. The van der Waals surface area contributed by atoms with Crippen molar-refractivity contribution in [3.63, 3.8) is 0 Å². The Morgan fingerprint density at radius 2 is 1.90 bits per heavy atom. The van der Waals surface area contributed by atoms with Crippen LogP contribution in [0.25, 0.3) is 10.8 Å². The number of carbonyl (C=O) groups is 1. The minimum atomic E-state index is -0.0425. The smallest absolute Gasteiger partial charge is 0.195 e. The van der Waals surface area contributed by atoms with Crippen molar-refractivity contribution in [3.8, 4) is 0 Å². The molecule has 0 atom stereocenters. The van der Waals surface area contributed by atoms with Crippen LogP contribution in [0.4, 0.5) is 0 Å². The molecule has 4 heteroatoms. The van der Waals surface area contributed by atoms with Crippen LogP contribution < -0.4 is 0 Å². The van der Waals surface area contributed by atoms with Gasteiger partial charge in [0.2, 0.25) is 0 Å². The SMILES string of the molecule is Cc1cc(C(=O)c2cccc3ccncc23)c(C)nn1. The van der Waals surface area contributed by atoms with Gasteiger partial charge in [-0.25, -0.2) is 0 Å². The molecule has 0 unspecified atom stereocenters. The lowest BCUT2D eigenvalue weighted by molar-refractivity contribution is 0.103. The van der Waals surface area contributed by atoms with E-state index < -0.39 is 0 Å². The molecule has 2 aromatic heterocycles. The van der Waals surface area contributed by atoms with Gasteiger partial charge in [0.15, 0.2) is 5.78 Å². The zero-order chi connectivity index (χ0) is 14.1. The van der Waals surface area contributed by atoms with Crippen molar-refractivity contribution >= 4 is 16.6 Å². The first kappa shape index (κ1) is 12.4. The fraction of sp³-hybridized carbons (Fsp3) is 0.125. The summed E-state index contributed by atoms with van der Waals surface area (Å²) in [4.78, 5) is 16.8. The summed E-state index contributed by atoms with van der Waals surface area (Å²) in [6.07, 6.45) is 3.44. The molecule has 0 saturated heterocycles. The second-order valence-electron chi connectivity index (χ2n) is 4.72. The van der Waals surface area contributed by atoms with Crippen molar-refractivity contribution in [2.45, 2.75) is 13.8 Å². The number of carbonyl (C=O) groups excluding carboxylic acids is 1. The summed E-state index contributed by atoms with van der Waals surface area (Å²) in [6.45, 7) is 3.62. The van der Waals surface area contributed by atoms with Crippen molar-refractivity contribution in [1.29, 1.82) is 0 Å². The van der Waals surface area contributed by atoms with Gasteiger partial charge >= 0.3 is 0 Å². The molecule has 0 N–H and O–H groups in total. The van der Waals surface area contributed by atoms with Crippen LogP contribution in [0, 0.1) is 13.8 Å². The van der Waals surface area contributed by atoms with Crippen molar-refractivity contribution in [2.75, 3.05) is 0 Å². The number of fused-ring (bicyclic) bond motifs is 1. The molecule has 1 aromatic carbocycles. The lowest BCUT2D eigenvalue weighted by Gasteiger charge is -2.07. The van der Waals surface area contributed by atoms with E-state index in [0.717, 1.165) is 16.5 Å². The average Bonchev–Trinajstić information content (AvgIpc) is 2.48. The predicted octanol–water partition coefficient (Wildman–Crippen LogP) is 2.87. The quantitative estimate of drug-likeness (QED) is 0.667. The highest BCUT2D eigenvalue weighted by atomic mass is 16.1. The topological polar surface area (TPSA) is 55.7 Å². The van der Waals surface area contributed by atoms with E-state index in [9.17, 15) is 4.79 Å². The number of aryl methyl sites for hydroxylation is 2. The minimum Gasteiger partial charge on any atom is -0.289 e. The van der Waals surface area contributed by atoms with Gasteiger partial charge in [-0.1, -0.05) is 18.2 Å². The van der Waals surface area contributed by atoms with E-state index in [1.165, 1.54) is 0 Å². The molecule has 0 aliphatic carbocycles. The van der Waals surface area contributed by atoms with Crippen molar-refractivity contribution in [2.24, 2.45) is 0 Å². The Morgan fingerprint density at radius 1 is 1.05 bits per heavy atom. The summed E-state index contributed by atoms with van der Waals surface area (Å²) in [5.74, 6) is -0.0425. The largest absolute Gasteiger partial charge is 0.289 e. The molecule has 2 heterocycles. The summed E-state index contributed by atoms with van der Waals surface area (Å²) in [6, 6.07) is 9.35. The summed E-state index contributed by atoms with van der Waals surface area (Å²) < 4.78 is 0. The number of pyridine rings is 1. The Hall–Kier alpha value is -2.62. The lowest BCUT2D eigenvalue weighted by Crippen LogP contribution is -2.07. The third kappa shape index (κ3) is 2.05. The molecule has 4 nitrogen and oxygen atoms in total. The minimum absolute atomic E-state index is 0.0425. The molecule has 0 bridgehead atoms. The highest BCUT2D eigenvalue weighted by Crippen LogP contribution is 2.21. The first-order valence-corrected chi connectivity index (χ1v) is 6.35. The Balaban J connectivity index is 2.20. The van der Waals surface area contributed by atoms with Crippen LogP contribution in [0.5, 0.6) is 0 Å². The molecule has 0 radical (unpaired) electrons. The zero-order valence-electron chi connectivity index (χ0n) is 11.3. The molecule has 0 aliphatic heterocycles. The first-order valence-electron chi connectivity index (χ1n) is 6.35. The Labute approximate surface area is 116 Å². The molecule has 20 heavy (non-hydrogen) atoms. The van der Waals surface area contributed by atoms with E-state index in [0.29, 0.717) is 16.8 Å². The average molecular weight is 263 g/mol. The van der Waals surface area contributed by atoms with Crippen LogP contribution >= 0.6 is 0 Å². The van der Waals surface area contributed by atoms with Gasteiger partial charge in [0.1, 0.15) is 0 Å². The number of nitrogens with zero attached hydrogens (tertiary/aromatic N) is 3. The maximum Gasteiger partial charge on any atom is 0.195 e. The van der Waals surface area contributed by atoms with E-state index in [1.807, 2.05) is 31.2 Å². The molecule has 0 amide bonds. The number of benzene rings is 1. The van der Waals surface area contributed by atoms with Gasteiger partial charge in [0, 0.05) is 28.9 Å². The molecule has 0 spiro atoms. The maximum absolute atomic E-state index is 12.7. The van der Waals surface area contributed by atoms with Crippen LogP contribution in [-0.2, 0) is 0 Å². The monoisotopic (exact) mass is 263 g/mol. The highest BCUT2D eigenvalue weighted by Gasteiger charge is 2.16. The Morgan fingerprint density at radius 3 is 2.75 bits per heavy atom. The van der Waals surface area contributed by atoms with Gasteiger partial charge in [-0.15, -0.1) is 0 Å². The third-order valence-electron chi connectivity index (χ3n) is 3.27. The third-order valence-corrected chi connectivity index (χ3v) is 3.27. The van der Waals surface area contributed by atoms with Crippen molar-refractivity contribution in [3.05, 3.63) is 65.2 Å². The predicted molar refractivity (Wildman–Crippen MR) is 76.7 cm³/mol. The molecule has 3 rings (SSSR count). The van der Waals surface area contributed by atoms with Gasteiger partial charge in [-0.3, -0.25) is 9.78 Å². The first-order chi connectivity index (χ1) is 9.66. The van der Waals surface area contributed by atoms with Crippen LogP contribution in [0.15, 0.2) is 42.7 Å². The van der Waals surface area contributed by atoms with Crippen LogP contribution in [0.3, 0.4) is 0 Å². The number of ketones is 1.